The lowest BCUT2D eigenvalue weighted by Crippen LogP contribution is -2.54. The Morgan fingerprint density at radius 1 is 1.03 bits per heavy atom. The molecule has 1 saturated heterocycles. The summed E-state index contributed by atoms with van der Waals surface area (Å²) in [4.78, 5) is 22.2. The Balaban J connectivity index is 1.29. The van der Waals surface area contributed by atoms with Crippen LogP contribution >= 0.6 is 0 Å². The molecule has 7 nitrogen and oxygen atoms in total. The standard InChI is InChI=1S/C26H30N6O/c1-26(32-12-10-30(2)11-13-32)8-6-19(7-9-26)25(33)29-24-15-22-14-20(4-5-21(22)16-27-24)23-17-28-31(3)18-23/h4-8,14-18H,9-13H2,1-3H3,(H,27,29,33). The summed E-state index contributed by atoms with van der Waals surface area (Å²) >= 11 is 0. The normalized spacial score (nSPS) is 21.8. The third-order valence-electron chi connectivity index (χ3n) is 6.85. The maximum Gasteiger partial charge on any atom is 0.256 e. The molecule has 0 saturated carbocycles. The van der Waals surface area contributed by atoms with Gasteiger partial charge in [0.25, 0.3) is 5.91 Å². The molecule has 1 unspecified atom stereocenters. The summed E-state index contributed by atoms with van der Waals surface area (Å²) in [5.41, 5.74) is 2.80. The van der Waals surface area contributed by atoms with Gasteiger partial charge in [0.15, 0.2) is 0 Å². The number of carbonyl (C=O) groups excluding carboxylic acids is 1. The van der Waals surface area contributed by atoms with Crippen LogP contribution < -0.4 is 5.32 Å². The molecule has 1 fully saturated rings. The zero-order valence-corrected chi connectivity index (χ0v) is 19.5. The average Bonchev–Trinajstić information content (AvgIpc) is 3.25. The summed E-state index contributed by atoms with van der Waals surface area (Å²) in [6.45, 7) is 6.52. The van der Waals surface area contributed by atoms with Crippen molar-refractivity contribution in [2.75, 3.05) is 38.5 Å². The molecule has 2 aliphatic rings. The van der Waals surface area contributed by atoms with Gasteiger partial charge in [-0.05, 0) is 43.5 Å². The lowest BCUT2D eigenvalue weighted by Gasteiger charge is -2.44. The van der Waals surface area contributed by atoms with E-state index in [4.69, 9.17) is 0 Å². The van der Waals surface area contributed by atoms with Gasteiger partial charge in [0.2, 0.25) is 0 Å². The molecule has 1 amide bonds. The van der Waals surface area contributed by atoms with Gasteiger partial charge >= 0.3 is 0 Å². The van der Waals surface area contributed by atoms with Gasteiger partial charge in [-0.1, -0.05) is 30.4 Å². The van der Waals surface area contributed by atoms with Crippen molar-refractivity contribution in [1.29, 1.82) is 0 Å². The summed E-state index contributed by atoms with van der Waals surface area (Å²) in [6, 6.07) is 8.13. The minimum absolute atomic E-state index is 0.0328. The highest BCUT2D eigenvalue weighted by Gasteiger charge is 2.32. The van der Waals surface area contributed by atoms with Gasteiger partial charge in [0, 0.05) is 67.7 Å². The van der Waals surface area contributed by atoms with Crippen LogP contribution in [0.1, 0.15) is 13.3 Å². The zero-order chi connectivity index (χ0) is 23.0. The maximum atomic E-state index is 12.9. The van der Waals surface area contributed by atoms with Crippen LogP contribution in [-0.2, 0) is 11.8 Å². The van der Waals surface area contributed by atoms with E-state index in [1.807, 2.05) is 37.7 Å². The van der Waals surface area contributed by atoms with Crippen LogP contribution in [0.25, 0.3) is 21.9 Å². The van der Waals surface area contributed by atoms with Crippen molar-refractivity contribution in [3.8, 4) is 11.1 Å². The molecule has 3 heterocycles. The number of aryl methyl sites for hydroxylation is 1. The Hall–Kier alpha value is -3.29. The molecule has 1 aromatic carbocycles. The summed E-state index contributed by atoms with van der Waals surface area (Å²) in [6.07, 6.45) is 12.7. The first-order valence-corrected chi connectivity index (χ1v) is 11.4. The van der Waals surface area contributed by atoms with Crippen molar-refractivity contribution in [3.63, 3.8) is 0 Å². The molecule has 7 heteroatoms. The quantitative estimate of drug-likeness (QED) is 0.670. The van der Waals surface area contributed by atoms with Gasteiger partial charge in [0.1, 0.15) is 5.82 Å². The minimum atomic E-state index is -0.123. The second-order valence-electron chi connectivity index (χ2n) is 9.33. The number of likely N-dealkylation sites (N-methyl/N-ethyl adjacent to an activating group) is 1. The van der Waals surface area contributed by atoms with E-state index >= 15 is 0 Å². The molecule has 5 rings (SSSR count). The van der Waals surface area contributed by atoms with E-state index < -0.39 is 0 Å². The fourth-order valence-electron chi connectivity index (χ4n) is 4.59. The Bertz CT molecular complexity index is 1250. The lowest BCUT2D eigenvalue weighted by molar-refractivity contribution is -0.112. The number of nitrogens with one attached hydrogen (secondary N) is 1. The van der Waals surface area contributed by atoms with Crippen molar-refractivity contribution in [2.45, 2.75) is 18.9 Å². The van der Waals surface area contributed by atoms with E-state index in [0.29, 0.717) is 11.4 Å². The van der Waals surface area contributed by atoms with Crippen LogP contribution in [-0.4, -0.2) is 69.2 Å². The summed E-state index contributed by atoms with van der Waals surface area (Å²) in [5, 5.41) is 9.28. The number of pyridine rings is 1. The Labute approximate surface area is 194 Å². The van der Waals surface area contributed by atoms with Crippen molar-refractivity contribution in [3.05, 3.63) is 66.7 Å². The summed E-state index contributed by atoms with van der Waals surface area (Å²) in [7, 11) is 4.07. The predicted octanol–water partition coefficient (Wildman–Crippen LogP) is 3.47. The smallest absolute Gasteiger partial charge is 0.256 e. The van der Waals surface area contributed by atoms with Crippen molar-refractivity contribution < 1.29 is 4.79 Å². The highest BCUT2D eigenvalue weighted by Crippen LogP contribution is 2.29. The number of amides is 1. The minimum Gasteiger partial charge on any atom is -0.307 e. The molecule has 2 aromatic heterocycles. The third-order valence-corrected chi connectivity index (χ3v) is 6.85. The topological polar surface area (TPSA) is 66.3 Å². The van der Waals surface area contributed by atoms with Gasteiger partial charge in [-0.3, -0.25) is 14.4 Å². The number of benzene rings is 1. The summed E-state index contributed by atoms with van der Waals surface area (Å²) < 4.78 is 1.79. The number of carbonyl (C=O) groups is 1. The number of rotatable bonds is 4. The number of hydrogen-bond donors (Lipinski definition) is 1. The molecule has 170 valence electrons. The zero-order valence-electron chi connectivity index (χ0n) is 19.5. The average molecular weight is 443 g/mol. The van der Waals surface area contributed by atoms with E-state index in [-0.39, 0.29) is 11.4 Å². The molecule has 0 spiro atoms. The highest BCUT2D eigenvalue weighted by atomic mass is 16.1. The molecule has 3 aromatic rings. The first-order valence-electron chi connectivity index (χ1n) is 11.4. The molecule has 1 atom stereocenters. The van der Waals surface area contributed by atoms with E-state index in [1.165, 1.54) is 0 Å². The second-order valence-corrected chi connectivity index (χ2v) is 9.33. The number of hydrogen-bond acceptors (Lipinski definition) is 5. The van der Waals surface area contributed by atoms with Crippen LogP contribution in [0.4, 0.5) is 5.82 Å². The molecule has 1 aliphatic carbocycles. The fourth-order valence-corrected chi connectivity index (χ4v) is 4.59. The van der Waals surface area contributed by atoms with Crippen molar-refractivity contribution >= 4 is 22.5 Å². The molecule has 0 bridgehead atoms. The largest absolute Gasteiger partial charge is 0.307 e. The predicted molar refractivity (Wildman–Crippen MR) is 132 cm³/mol. The van der Waals surface area contributed by atoms with Crippen molar-refractivity contribution in [2.24, 2.45) is 7.05 Å². The van der Waals surface area contributed by atoms with Crippen molar-refractivity contribution in [1.82, 2.24) is 24.6 Å². The Morgan fingerprint density at radius 2 is 1.85 bits per heavy atom. The Kier molecular flexibility index (Phi) is 5.60. The SMILES string of the molecule is CN1CCN(C2(C)C=CC(C(=O)Nc3cc4cc(-c5cnn(C)c5)ccc4cn3)=CC2)CC1. The van der Waals surface area contributed by atoms with Crippen LogP contribution in [0, 0.1) is 0 Å². The first-order chi connectivity index (χ1) is 15.9. The second kappa shape index (κ2) is 8.57. The van der Waals surface area contributed by atoms with Gasteiger partial charge in [-0.15, -0.1) is 0 Å². The van der Waals surface area contributed by atoms with Crippen LogP contribution in [0.5, 0.6) is 0 Å². The van der Waals surface area contributed by atoms with Gasteiger partial charge in [-0.2, -0.15) is 5.10 Å². The van der Waals surface area contributed by atoms with Gasteiger partial charge in [0.05, 0.1) is 6.20 Å². The van der Waals surface area contributed by atoms with E-state index in [0.717, 1.165) is 54.5 Å². The number of nitrogens with zero attached hydrogens (tertiary/aromatic N) is 5. The lowest BCUT2D eigenvalue weighted by atomic mass is 9.88. The molecule has 1 aliphatic heterocycles. The molecule has 33 heavy (non-hydrogen) atoms. The first kappa shape index (κ1) is 21.6. The Morgan fingerprint density at radius 3 is 2.55 bits per heavy atom. The van der Waals surface area contributed by atoms with E-state index in [1.54, 1.807) is 10.9 Å². The fraction of sp³-hybridized carbons (Fsp3) is 0.346. The van der Waals surface area contributed by atoms with Gasteiger partial charge in [-0.25, -0.2) is 4.98 Å². The number of piperazine rings is 1. The number of anilines is 1. The highest BCUT2D eigenvalue weighted by molar-refractivity contribution is 6.06. The molecule has 0 radical (unpaired) electrons. The monoisotopic (exact) mass is 442 g/mol. The van der Waals surface area contributed by atoms with Crippen LogP contribution in [0.15, 0.2) is 66.7 Å². The van der Waals surface area contributed by atoms with Crippen LogP contribution in [0.2, 0.25) is 0 Å². The number of fused-ring (bicyclic) bond motifs is 1. The molecular formula is C26H30N6O. The van der Waals surface area contributed by atoms with E-state index in [2.05, 4.69) is 63.5 Å². The van der Waals surface area contributed by atoms with Gasteiger partial charge < -0.3 is 10.2 Å². The summed E-state index contributed by atoms with van der Waals surface area (Å²) in [5.74, 6) is 0.430. The maximum absolute atomic E-state index is 12.9. The third kappa shape index (κ3) is 4.47. The van der Waals surface area contributed by atoms with Crippen LogP contribution in [0.3, 0.4) is 0 Å². The molecule has 1 N–H and O–H groups in total. The van der Waals surface area contributed by atoms with E-state index in [9.17, 15) is 4.79 Å². The molecular weight excluding hydrogens is 412 g/mol. The number of aromatic nitrogens is 3.